The molecule has 3 N–H and O–H groups in total. The van der Waals surface area contributed by atoms with Gasteiger partial charge in [-0.25, -0.2) is 4.79 Å². The van der Waals surface area contributed by atoms with E-state index in [-0.39, 0.29) is 17.2 Å². The number of piperidine rings is 1. The smallest absolute Gasteiger partial charge is 0.326 e. The number of carboxylic acids is 1. The lowest BCUT2D eigenvalue weighted by atomic mass is 9.75. The molecule has 1 heterocycles. The molecule has 5 heteroatoms. The number of nitrogens with zero attached hydrogens (tertiary/aromatic N) is 1. The van der Waals surface area contributed by atoms with Crippen molar-refractivity contribution in [2.45, 2.75) is 58.4 Å². The summed E-state index contributed by atoms with van der Waals surface area (Å²) in [6.07, 6.45) is 5.42. The zero-order valence-corrected chi connectivity index (χ0v) is 13.2. The second kappa shape index (κ2) is 6.34. The Bertz CT molecular complexity index is 400. The molecule has 2 aliphatic rings. The number of rotatable bonds is 3. The second-order valence-corrected chi connectivity index (χ2v) is 7.32. The van der Waals surface area contributed by atoms with Crippen molar-refractivity contribution in [1.29, 1.82) is 0 Å². The van der Waals surface area contributed by atoms with Gasteiger partial charge in [-0.1, -0.05) is 13.8 Å². The number of likely N-dealkylation sites (tertiary alicyclic amines) is 1. The van der Waals surface area contributed by atoms with Crippen LogP contribution in [0.1, 0.15) is 52.4 Å². The van der Waals surface area contributed by atoms with Gasteiger partial charge in [0.1, 0.15) is 6.04 Å². The number of nitrogens with two attached hydrogens (primary N) is 1. The summed E-state index contributed by atoms with van der Waals surface area (Å²) in [5, 5.41) is 9.56. The Morgan fingerprint density at radius 3 is 2.38 bits per heavy atom. The average molecular weight is 296 g/mol. The molecule has 5 nitrogen and oxygen atoms in total. The molecule has 0 aromatic rings. The fraction of sp³-hybridized carbons (Fsp3) is 0.875. The van der Waals surface area contributed by atoms with Crippen LogP contribution in [0.15, 0.2) is 0 Å². The topological polar surface area (TPSA) is 83.6 Å². The zero-order valence-electron chi connectivity index (χ0n) is 13.2. The Labute approximate surface area is 126 Å². The monoisotopic (exact) mass is 296 g/mol. The summed E-state index contributed by atoms with van der Waals surface area (Å²) in [5.74, 6) is -0.306. The van der Waals surface area contributed by atoms with Gasteiger partial charge in [0.2, 0.25) is 5.91 Å². The van der Waals surface area contributed by atoms with E-state index in [0.29, 0.717) is 19.0 Å². The second-order valence-electron chi connectivity index (χ2n) is 7.32. The number of hydrogen-bond acceptors (Lipinski definition) is 3. The van der Waals surface area contributed by atoms with E-state index in [2.05, 4.69) is 0 Å². The summed E-state index contributed by atoms with van der Waals surface area (Å²) in [5.41, 5.74) is 5.34. The first-order valence-electron chi connectivity index (χ1n) is 8.10. The van der Waals surface area contributed by atoms with Crippen LogP contribution in [0.2, 0.25) is 0 Å². The van der Waals surface area contributed by atoms with Crippen molar-refractivity contribution in [1.82, 2.24) is 4.90 Å². The average Bonchev–Trinajstić information content (AvgIpc) is 2.45. The highest BCUT2D eigenvalue weighted by Gasteiger charge is 2.45. The van der Waals surface area contributed by atoms with Crippen molar-refractivity contribution in [2.24, 2.45) is 23.0 Å². The molecule has 1 atom stereocenters. The van der Waals surface area contributed by atoms with Gasteiger partial charge in [0.25, 0.3) is 0 Å². The molecule has 1 saturated heterocycles. The fourth-order valence-electron chi connectivity index (χ4n) is 3.98. The summed E-state index contributed by atoms with van der Waals surface area (Å²) in [6, 6.07) is -0.689. The van der Waals surface area contributed by atoms with Gasteiger partial charge in [-0.3, -0.25) is 4.79 Å². The van der Waals surface area contributed by atoms with Gasteiger partial charge in [-0.15, -0.1) is 0 Å². The highest BCUT2D eigenvalue weighted by molar-refractivity contribution is 5.86. The van der Waals surface area contributed by atoms with Gasteiger partial charge in [-0.05, 0) is 56.4 Å². The Morgan fingerprint density at radius 1 is 1.24 bits per heavy atom. The number of carbonyl (C=O) groups excluding carboxylic acids is 1. The van der Waals surface area contributed by atoms with Crippen LogP contribution in [0.5, 0.6) is 0 Å². The van der Waals surface area contributed by atoms with Gasteiger partial charge in [0.05, 0.1) is 0 Å². The number of carboxylic acid groups (broad SMARTS) is 1. The van der Waals surface area contributed by atoms with E-state index in [9.17, 15) is 14.7 Å². The largest absolute Gasteiger partial charge is 0.480 e. The van der Waals surface area contributed by atoms with E-state index < -0.39 is 12.0 Å². The lowest BCUT2D eigenvalue weighted by Gasteiger charge is -2.45. The third kappa shape index (κ3) is 3.39. The van der Waals surface area contributed by atoms with E-state index in [1.54, 1.807) is 4.90 Å². The quantitative estimate of drug-likeness (QED) is 0.832. The van der Waals surface area contributed by atoms with Crippen molar-refractivity contribution in [3.05, 3.63) is 0 Å². The van der Waals surface area contributed by atoms with Crippen LogP contribution >= 0.6 is 0 Å². The molecule has 2 fully saturated rings. The lowest BCUT2D eigenvalue weighted by molar-refractivity contribution is -0.161. The normalized spacial score (nSPS) is 32.7. The molecule has 21 heavy (non-hydrogen) atoms. The first-order valence-corrected chi connectivity index (χ1v) is 8.10. The predicted octanol–water partition coefficient (Wildman–Crippen LogP) is 1.85. The van der Waals surface area contributed by atoms with Crippen molar-refractivity contribution in [3.63, 3.8) is 0 Å². The van der Waals surface area contributed by atoms with Crippen molar-refractivity contribution in [3.8, 4) is 0 Å². The molecule has 0 aromatic carbocycles. The summed E-state index contributed by atoms with van der Waals surface area (Å²) in [6.45, 7) is 5.18. The van der Waals surface area contributed by atoms with Crippen molar-refractivity contribution in [2.75, 3.05) is 13.1 Å². The molecule has 1 aliphatic heterocycles. The van der Waals surface area contributed by atoms with Gasteiger partial charge >= 0.3 is 5.97 Å². The maximum atomic E-state index is 12.8. The molecule has 1 saturated carbocycles. The molecule has 0 spiro atoms. The highest BCUT2D eigenvalue weighted by atomic mass is 16.4. The molecule has 0 radical (unpaired) electrons. The minimum Gasteiger partial charge on any atom is -0.480 e. The first kappa shape index (κ1) is 16.3. The van der Waals surface area contributed by atoms with E-state index >= 15 is 0 Å². The molecule has 1 aliphatic carbocycles. The number of hydrogen-bond donors (Lipinski definition) is 2. The minimum atomic E-state index is -0.872. The molecule has 0 bridgehead atoms. The van der Waals surface area contributed by atoms with E-state index in [1.165, 1.54) is 0 Å². The van der Waals surface area contributed by atoms with Crippen molar-refractivity contribution >= 4 is 11.9 Å². The Hall–Kier alpha value is -1.10. The zero-order chi connectivity index (χ0) is 15.6. The molecule has 0 aromatic heterocycles. The van der Waals surface area contributed by atoms with E-state index in [0.717, 1.165) is 38.5 Å². The van der Waals surface area contributed by atoms with Crippen LogP contribution in [0.3, 0.4) is 0 Å². The van der Waals surface area contributed by atoms with Gasteiger partial charge in [-0.2, -0.15) is 0 Å². The van der Waals surface area contributed by atoms with Gasteiger partial charge < -0.3 is 15.7 Å². The van der Waals surface area contributed by atoms with E-state index in [4.69, 9.17) is 5.73 Å². The summed E-state index contributed by atoms with van der Waals surface area (Å²) < 4.78 is 0. The lowest BCUT2D eigenvalue weighted by Crippen LogP contribution is -2.57. The van der Waals surface area contributed by atoms with Crippen LogP contribution in [0.25, 0.3) is 0 Å². The number of carbonyl (C=O) groups is 2. The van der Waals surface area contributed by atoms with Crippen LogP contribution in [0, 0.1) is 17.3 Å². The number of amides is 1. The van der Waals surface area contributed by atoms with Gasteiger partial charge in [0, 0.05) is 12.5 Å². The Morgan fingerprint density at radius 2 is 1.86 bits per heavy atom. The fourth-order valence-corrected chi connectivity index (χ4v) is 3.98. The minimum absolute atomic E-state index is 0.0106. The summed E-state index contributed by atoms with van der Waals surface area (Å²) in [7, 11) is 0. The Balaban J connectivity index is 2.08. The Kier molecular flexibility index (Phi) is 4.91. The number of aliphatic carboxylic acids is 1. The molecule has 120 valence electrons. The van der Waals surface area contributed by atoms with E-state index in [1.807, 2.05) is 13.8 Å². The molecule has 1 amide bonds. The standard InChI is InChI=1S/C16H28N2O3/c1-16(2)8-3-9-18(13(16)15(20)21)14(19)12-6-4-11(10-17)5-7-12/h11-13H,3-10,17H2,1-2H3,(H,20,21). The van der Waals surface area contributed by atoms with Crippen LogP contribution in [0.4, 0.5) is 0 Å². The SMILES string of the molecule is CC1(C)CCCN(C(=O)C2CCC(CN)CC2)C1C(=O)O. The maximum absolute atomic E-state index is 12.8. The summed E-state index contributed by atoms with van der Waals surface area (Å²) >= 11 is 0. The maximum Gasteiger partial charge on any atom is 0.326 e. The van der Waals surface area contributed by atoms with Crippen LogP contribution < -0.4 is 5.73 Å². The molecular weight excluding hydrogens is 268 g/mol. The molecular formula is C16H28N2O3. The molecule has 2 rings (SSSR count). The third-order valence-electron chi connectivity index (χ3n) is 5.32. The van der Waals surface area contributed by atoms with Crippen LogP contribution in [-0.2, 0) is 9.59 Å². The predicted molar refractivity (Wildman–Crippen MR) is 80.7 cm³/mol. The highest BCUT2D eigenvalue weighted by Crippen LogP contribution is 2.38. The van der Waals surface area contributed by atoms with Gasteiger partial charge in [0.15, 0.2) is 0 Å². The first-order chi connectivity index (χ1) is 9.86. The summed E-state index contributed by atoms with van der Waals surface area (Å²) in [4.78, 5) is 26.1. The van der Waals surface area contributed by atoms with Crippen molar-refractivity contribution < 1.29 is 14.7 Å². The molecule has 1 unspecified atom stereocenters. The van der Waals surface area contributed by atoms with Crippen LogP contribution in [-0.4, -0.2) is 41.0 Å². The third-order valence-corrected chi connectivity index (χ3v) is 5.32.